The molecule has 5 rings (SSSR count). The number of rotatable bonds is 4. The van der Waals surface area contributed by atoms with Crippen LogP contribution in [0.2, 0.25) is 0 Å². The second kappa shape index (κ2) is 7.91. The molecule has 3 aromatic rings. The fourth-order valence-electron chi connectivity index (χ4n) is 4.56. The number of carbonyl (C=O) groups is 2. The summed E-state index contributed by atoms with van der Waals surface area (Å²) in [5.74, 6) is -0.0195. The highest BCUT2D eigenvalue weighted by Crippen LogP contribution is 2.35. The number of benzene rings is 3. The van der Waals surface area contributed by atoms with Gasteiger partial charge in [0.25, 0.3) is 5.91 Å². The van der Waals surface area contributed by atoms with Crippen molar-refractivity contribution < 1.29 is 14.3 Å². The molecular formula is C26H24N2O3. The highest BCUT2D eigenvalue weighted by Gasteiger charge is 2.50. The van der Waals surface area contributed by atoms with E-state index in [-0.39, 0.29) is 12.0 Å². The molecule has 0 N–H and O–H groups in total. The molecule has 0 saturated carbocycles. The van der Waals surface area contributed by atoms with E-state index in [4.69, 9.17) is 4.74 Å². The van der Waals surface area contributed by atoms with Gasteiger partial charge < -0.3 is 9.64 Å². The molecule has 5 heteroatoms. The highest BCUT2D eigenvalue weighted by molar-refractivity contribution is 6.01. The van der Waals surface area contributed by atoms with E-state index in [1.165, 1.54) is 0 Å². The Kier molecular flexibility index (Phi) is 4.94. The molecule has 0 aromatic heterocycles. The van der Waals surface area contributed by atoms with Gasteiger partial charge in [0.05, 0.1) is 13.1 Å². The first-order valence-electron chi connectivity index (χ1n) is 10.6. The summed E-state index contributed by atoms with van der Waals surface area (Å²) in [5.41, 5.74) is 3.06. The van der Waals surface area contributed by atoms with Crippen LogP contribution >= 0.6 is 0 Å². The first-order valence-corrected chi connectivity index (χ1v) is 10.6. The van der Waals surface area contributed by atoms with Crippen molar-refractivity contribution in [3.8, 4) is 11.1 Å². The smallest absolute Gasteiger partial charge is 0.410 e. The van der Waals surface area contributed by atoms with Crippen LogP contribution in [-0.2, 0) is 11.3 Å². The standard InChI is InChI=1S/C26H24N2O3/c29-24(23-14-8-7-13-22(23)21-11-5-2-6-12-21)27-16-15-26(18-27)19-28(25(30)31-26)17-20-9-3-1-4-10-20/h1-14H,15-19H2/t26-/m1/s1. The number of amides is 2. The van der Waals surface area contributed by atoms with E-state index in [2.05, 4.69) is 0 Å². The summed E-state index contributed by atoms with van der Waals surface area (Å²) in [6, 6.07) is 27.5. The first kappa shape index (κ1) is 19.4. The molecule has 0 bridgehead atoms. The van der Waals surface area contributed by atoms with Crippen molar-refractivity contribution in [3.05, 3.63) is 96.1 Å². The van der Waals surface area contributed by atoms with Crippen molar-refractivity contribution in [2.75, 3.05) is 19.6 Å². The van der Waals surface area contributed by atoms with E-state index in [0.29, 0.717) is 38.2 Å². The molecule has 5 nitrogen and oxygen atoms in total. The maximum absolute atomic E-state index is 13.4. The molecule has 2 aliphatic rings. The monoisotopic (exact) mass is 412 g/mol. The number of likely N-dealkylation sites (tertiary alicyclic amines) is 1. The number of carbonyl (C=O) groups excluding carboxylic acids is 2. The molecule has 2 aliphatic heterocycles. The molecule has 156 valence electrons. The van der Waals surface area contributed by atoms with E-state index < -0.39 is 5.60 Å². The van der Waals surface area contributed by atoms with E-state index in [1.807, 2.05) is 89.8 Å². The quantitative estimate of drug-likeness (QED) is 0.630. The van der Waals surface area contributed by atoms with Gasteiger partial charge in [-0.1, -0.05) is 78.9 Å². The van der Waals surface area contributed by atoms with E-state index in [1.54, 1.807) is 4.90 Å². The number of nitrogens with zero attached hydrogens (tertiary/aromatic N) is 2. The maximum atomic E-state index is 13.4. The van der Waals surface area contributed by atoms with Gasteiger partial charge in [0.2, 0.25) is 0 Å². The van der Waals surface area contributed by atoms with Crippen molar-refractivity contribution >= 4 is 12.0 Å². The summed E-state index contributed by atoms with van der Waals surface area (Å²) in [6.45, 7) is 2.03. The van der Waals surface area contributed by atoms with Crippen molar-refractivity contribution in [1.29, 1.82) is 0 Å². The summed E-state index contributed by atoms with van der Waals surface area (Å²) in [7, 11) is 0. The van der Waals surface area contributed by atoms with Gasteiger partial charge in [-0.15, -0.1) is 0 Å². The Morgan fingerprint density at radius 3 is 2.32 bits per heavy atom. The van der Waals surface area contributed by atoms with Gasteiger partial charge in [-0.3, -0.25) is 9.69 Å². The third-order valence-corrected chi connectivity index (χ3v) is 6.10. The van der Waals surface area contributed by atoms with E-state index >= 15 is 0 Å². The van der Waals surface area contributed by atoms with Crippen LogP contribution in [0.15, 0.2) is 84.9 Å². The van der Waals surface area contributed by atoms with Crippen LogP contribution in [0.25, 0.3) is 11.1 Å². The van der Waals surface area contributed by atoms with Gasteiger partial charge in [-0.05, 0) is 22.8 Å². The molecule has 2 saturated heterocycles. The van der Waals surface area contributed by atoms with Gasteiger partial charge in [0.1, 0.15) is 0 Å². The van der Waals surface area contributed by atoms with Crippen LogP contribution in [0.1, 0.15) is 22.3 Å². The Bertz CT molecular complexity index is 1100. The topological polar surface area (TPSA) is 49.9 Å². The number of hydrogen-bond acceptors (Lipinski definition) is 3. The summed E-state index contributed by atoms with van der Waals surface area (Å²) in [6.07, 6.45) is 0.353. The fraction of sp³-hybridized carbons (Fsp3) is 0.231. The van der Waals surface area contributed by atoms with Crippen molar-refractivity contribution in [1.82, 2.24) is 9.80 Å². The molecule has 1 spiro atoms. The Balaban J connectivity index is 1.32. The average molecular weight is 412 g/mol. The minimum absolute atomic E-state index is 0.0195. The molecule has 2 amide bonds. The van der Waals surface area contributed by atoms with Crippen LogP contribution < -0.4 is 0 Å². The molecule has 2 fully saturated rings. The first-order chi connectivity index (χ1) is 15.1. The third-order valence-electron chi connectivity index (χ3n) is 6.10. The zero-order valence-electron chi connectivity index (χ0n) is 17.2. The highest BCUT2D eigenvalue weighted by atomic mass is 16.6. The predicted molar refractivity (Wildman–Crippen MR) is 118 cm³/mol. The molecular weight excluding hydrogens is 388 g/mol. The molecule has 1 atom stereocenters. The van der Waals surface area contributed by atoms with E-state index in [0.717, 1.165) is 16.7 Å². The molecule has 0 aliphatic carbocycles. The van der Waals surface area contributed by atoms with Crippen LogP contribution in [0.3, 0.4) is 0 Å². The van der Waals surface area contributed by atoms with Gasteiger partial charge in [-0.2, -0.15) is 0 Å². The lowest BCUT2D eigenvalue weighted by molar-refractivity contribution is 0.0553. The lowest BCUT2D eigenvalue weighted by Gasteiger charge is -2.23. The maximum Gasteiger partial charge on any atom is 0.410 e. The largest absolute Gasteiger partial charge is 0.439 e. The lowest BCUT2D eigenvalue weighted by Crippen LogP contribution is -2.39. The van der Waals surface area contributed by atoms with Crippen LogP contribution in [0.4, 0.5) is 4.79 Å². The van der Waals surface area contributed by atoms with Gasteiger partial charge >= 0.3 is 6.09 Å². The van der Waals surface area contributed by atoms with Crippen molar-refractivity contribution in [2.24, 2.45) is 0 Å². The summed E-state index contributed by atoms with van der Waals surface area (Å²) >= 11 is 0. The molecule has 2 heterocycles. The normalized spacial score (nSPS) is 20.3. The van der Waals surface area contributed by atoms with Crippen LogP contribution in [-0.4, -0.2) is 47.0 Å². The second-order valence-corrected chi connectivity index (χ2v) is 8.28. The minimum Gasteiger partial charge on any atom is -0.439 e. The summed E-state index contributed by atoms with van der Waals surface area (Å²) in [5, 5.41) is 0. The fourth-order valence-corrected chi connectivity index (χ4v) is 4.56. The van der Waals surface area contributed by atoms with Gasteiger partial charge in [0, 0.05) is 25.1 Å². The lowest BCUT2D eigenvalue weighted by atomic mass is 9.99. The number of hydrogen-bond donors (Lipinski definition) is 0. The Morgan fingerprint density at radius 1 is 0.871 bits per heavy atom. The molecule has 3 aromatic carbocycles. The Hall–Kier alpha value is -3.60. The van der Waals surface area contributed by atoms with Crippen molar-refractivity contribution in [2.45, 2.75) is 18.6 Å². The van der Waals surface area contributed by atoms with Gasteiger partial charge in [0.15, 0.2) is 5.60 Å². The van der Waals surface area contributed by atoms with Crippen LogP contribution in [0, 0.1) is 0 Å². The molecule has 0 radical (unpaired) electrons. The van der Waals surface area contributed by atoms with E-state index in [9.17, 15) is 9.59 Å². The predicted octanol–water partition coefficient (Wildman–Crippen LogP) is 4.59. The summed E-state index contributed by atoms with van der Waals surface area (Å²) < 4.78 is 5.82. The van der Waals surface area contributed by atoms with Gasteiger partial charge in [-0.25, -0.2) is 4.79 Å². The molecule has 31 heavy (non-hydrogen) atoms. The SMILES string of the molecule is O=C1O[C@@]2(CCN(C(=O)c3ccccc3-c3ccccc3)C2)CN1Cc1ccccc1. The Labute approximate surface area is 181 Å². The third kappa shape index (κ3) is 3.79. The van der Waals surface area contributed by atoms with Crippen molar-refractivity contribution in [3.63, 3.8) is 0 Å². The number of ether oxygens (including phenoxy) is 1. The zero-order valence-corrected chi connectivity index (χ0v) is 17.2. The van der Waals surface area contributed by atoms with Crippen LogP contribution in [0.5, 0.6) is 0 Å². The second-order valence-electron chi connectivity index (χ2n) is 8.28. The summed E-state index contributed by atoms with van der Waals surface area (Å²) in [4.78, 5) is 29.5. The minimum atomic E-state index is -0.622. The molecule has 0 unspecified atom stereocenters. The zero-order chi connectivity index (χ0) is 21.3. The average Bonchev–Trinajstić information content (AvgIpc) is 3.36. The Morgan fingerprint density at radius 2 is 1.55 bits per heavy atom.